The second-order valence-corrected chi connectivity index (χ2v) is 10.0. The first-order chi connectivity index (χ1) is 16.0. The van der Waals surface area contributed by atoms with Crippen LogP contribution in [0.2, 0.25) is 5.02 Å². The molecule has 1 heterocycles. The number of alkyl halides is 3. The van der Waals surface area contributed by atoms with Crippen molar-refractivity contribution >= 4 is 29.1 Å². The first kappa shape index (κ1) is 21.4. The predicted molar refractivity (Wildman–Crippen MR) is 122 cm³/mol. The summed E-state index contributed by atoms with van der Waals surface area (Å²) < 4.78 is 40.4. The van der Waals surface area contributed by atoms with Gasteiger partial charge in [-0.25, -0.2) is 4.90 Å². The van der Waals surface area contributed by atoms with Crippen LogP contribution in [0.3, 0.4) is 0 Å². The maximum atomic E-state index is 14.0. The lowest BCUT2D eigenvalue weighted by molar-refractivity contribution is -0.137. The quantitative estimate of drug-likeness (QED) is 0.394. The van der Waals surface area contributed by atoms with Crippen LogP contribution in [0.15, 0.2) is 66.7 Å². The molecule has 4 aliphatic rings. The summed E-state index contributed by atoms with van der Waals surface area (Å²) in [6.07, 6.45) is -4.64. The van der Waals surface area contributed by atoms with E-state index in [1.54, 1.807) is 0 Å². The number of benzene rings is 3. The molecule has 7 rings (SSSR count). The van der Waals surface area contributed by atoms with Gasteiger partial charge >= 0.3 is 6.18 Å². The predicted octanol–water partition coefficient (Wildman–Crippen LogP) is 6.10. The van der Waals surface area contributed by atoms with Crippen molar-refractivity contribution in [2.75, 3.05) is 4.90 Å². The van der Waals surface area contributed by atoms with Gasteiger partial charge in [-0.3, -0.25) is 9.59 Å². The Bertz CT molecular complexity index is 1290. The Hall–Kier alpha value is -3.12. The van der Waals surface area contributed by atoms with Crippen LogP contribution in [0.4, 0.5) is 18.9 Å². The largest absolute Gasteiger partial charge is 0.416 e. The summed E-state index contributed by atoms with van der Waals surface area (Å²) in [5.41, 5.74) is 1.06. The summed E-state index contributed by atoms with van der Waals surface area (Å²) in [5.74, 6) is -2.57. The minimum absolute atomic E-state index is 0.0778. The summed E-state index contributed by atoms with van der Waals surface area (Å²) in [6, 6.07) is 18.3. The molecule has 2 atom stereocenters. The third kappa shape index (κ3) is 2.34. The molecule has 3 nitrogen and oxygen atoms in total. The molecule has 1 saturated heterocycles. The molecule has 0 N–H and O–H groups in total. The van der Waals surface area contributed by atoms with Crippen LogP contribution in [0, 0.1) is 11.8 Å². The second-order valence-electron chi connectivity index (χ2n) is 9.63. The molecular formula is C27H19ClF3NO2. The van der Waals surface area contributed by atoms with E-state index in [1.807, 2.05) is 62.4 Å². The van der Waals surface area contributed by atoms with Crippen molar-refractivity contribution in [3.8, 4) is 0 Å². The van der Waals surface area contributed by atoms with Crippen LogP contribution >= 0.6 is 11.6 Å². The minimum atomic E-state index is -4.64. The van der Waals surface area contributed by atoms with Gasteiger partial charge in [0.15, 0.2) is 0 Å². The van der Waals surface area contributed by atoms with Crippen molar-refractivity contribution in [3.05, 3.63) is 99.6 Å². The van der Waals surface area contributed by atoms with Crippen LogP contribution < -0.4 is 4.90 Å². The summed E-state index contributed by atoms with van der Waals surface area (Å²) in [7, 11) is 0. The maximum absolute atomic E-state index is 14.0. The molecule has 0 radical (unpaired) electrons. The van der Waals surface area contributed by atoms with E-state index in [4.69, 9.17) is 11.6 Å². The van der Waals surface area contributed by atoms with Gasteiger partial charge in [-0.2, -0.15) is 13.2 Å². The molecular weight excluding hydrogens is 463 g/mol. The Labute approximate surface area is 199 Å². The van der Waals surface area contributed by atoms with Gasteiger partial charge in [-0.1, -0.05) is 74.0 Å². The standard InChI is InChI=1S/C27H19ClF3NO2/c1-25-15-7-3-5-9-17(15)26(2,18-10-6-4-8-16(18)25)22-21(25)23(33)32(24(22)34)20-13-14(27(29,30)31)11-12-19(20)28/h3-13,21-22H,1-2H3. The van der Waals surface area contributed by atoms with E-state index in [2.05, 4.69) is 0 Å². The molecule has 1 fully saturated rings. The highest BCUT2D eigenvalue weighted by Gasteiger charge is 2.70. The third-order valence-corrected chi connectivity index (χ3v) is 8.48. The summed E-state index contributed by atoms with van der Waals surface area (Å²) in [4.78, 5) is 28.9. The van der Waals surface area contributed by atoms with Crippen molar-refractivity contribution < 1.29 is 22.8 Å². The molecule has 34 heavy (non-hydrogen) atoms. The zero-order chi connectivity index (χ0) is 24.2. The highest BCUT2D eigenvalue weighted by atomic mass is 35.5. The Balaban J connectivity index is 1.62. The van der Waals surface area contributed by atoms with Crippen LogP contribution in [0.25, 0.3) is 0 Å². The van der Waals surface area contributed by atoms with E-state index < -0.39 is 46.2 Å². The van der Waals surface area contributed by atoms with Gasteiger partial charge in [-0.15, -0.1) is 0 Å². The number of carbonyl (C=O) groups excluding carboxylic acids is 2. The van der Waals surface area contributed by atoms with Gasteiger partial charge in [0.1, 0.15) is 0 Å². The van der Waals surface area contributed by atoms with Crippen molar-refractivity contribution in [1.29, 1.82) is 0 Å². The molecule has 172 valence electrons. The zero-order valence-electron chi connectivity index (χ0n) is 18.3. The first-order valence-electron chi connectivity index (χ1n) is 11.0. The Morgan fingerprint density at radius 1 is 0.765 bits per heavy atom. The Kier molecular flexibility index (Phi) is 4.10. The number of hydrogen-bond acceptors (Lipinski definition) is 2. The van der Waals surface area contributed by atoms with E-state index in [1.165, 1.54) is 0 Å². The highest BCUT2D eigenvalue weighted by molar-refractivity contribution is 6.36. The molecule has 3 aromatic carbocycles. The van der Waals surface area contributed by atoms with Gasteiger partial charge < -0.3 is 0 Å². The molecule has 7 heteroatoms. The number of imide groups is 1. The molecule has 2 unspecified atom stereocenters. The van der Waals surface area contributed by atoms with Gasteiger partial charge in [0, 0.05) is 10.8 Å². The van der Waals surface area contributed by atoms with Crippen LogP contribution in [-0.4, -0.2) is 11.8 Å². The van der Waals surface area contributed by atoms with Gasteiger partial charge in [0.2, 0.25) is 11.8 Å². The number of carbonyl (C=O) groups is 2. The van der Waals surface area contributed by atoms with E-state index in [0.717, 1.165) is 45.4 Å². The Morgan fingerprint density at radius 3 is 1.56 bits per heavy atom. The normalized spacial score (nSPS) is 29.2. The summed E-state index contributed by atoms with van der Waals surface area (Å²) in [6.45, 7) is 3.92. The molecule has 3 aromatic rings. The second kappa shape index (κ2) is 6.51. The first-order valence-corrected chi connectivity index (χ1v) is 11.3. The van der Waals surface area contributed by atoms with Crippen LogP contribution in [0.5, 0.6) is 0 Å². The maximum Gasteiger partial charge on any atom is 0.416 e. The number of rotatable bonds is 1. The van der Waals surface area contributed by atoms with Crippen molar-refractivity contribution in [3.63, 3.8) is 0 Å². The van der Waals surface area contributed by atoms with Gasteiger partial charge in [0.25, 0.3) is 0 Å². The molecule has 2 bridgehead atoms. The fourth-order valence-corrected chi connectivity index (χ4v) is 6.87. The zero-order valence-corrected chi connectivity index (χ0v) is 19.0. The van der Waals surface area contributed by atoms with Crippen LogP contribution in [-0.2, 0) is 26.6 Å². The number of anilines is 1. The lowest BCUT2D eigenvalue weighted by Crippen LogP contribution is -2.59. The molecule has 2 amide bonds. The van der Waals surface area contributed by atoms with E-state index in [-0.39, 0.29) is 10.7 Å². The van der Waals surface area contributed by atoms with E-state index in [0.29, 0.717) is 0 Å². The summed E-state index contributed by atoms with van der Waals surface area (Å²) in [5, 5.41) is -0.0778. The number of amides is 2. The number of nitrogens with zero attached hydrogens (tertiary/aromatic N) is 1. The van der Waals surface area contributed by atoms with Crippen molar-refractivity contribution in [2.45, 2.75) is 30.9 Å². The number of halogens is 4. The monoisotopic (exact) mass is 481 g/mol. The molecule has 0 aromatic heterocycles. The van der Waals surface area contributed by atoms with E-state index in [9.17, 15) is 22.8 Å². The van der Waals surface area contributed by atoms with Crippen molar-refractivity contribution in [2.24, 2.45) is 11.8 Å². The topological polar surface area (TPSA) is 37.4 Å². The van der Waals surface area contributed by atoms with Gasteiger partial charge in [0.05, 0.1) is 28.1 Å². The third-order valence-electron chi connectivity index (χ3n) is 8.16. The summed E-state index contributed by atoms with van der Waals surface area (Å²) >= 11 is 6.28. The van der Waals surface area contributed by atoms with Gasteiger partial charge in [-0.05, 0) is 40.5 Å². The van der Waals surface area contributed by atoms with E-state index >= 15 is 0 Å². The van der Waals surface area contributed by atoms with Crippen LogP contribution in [0.1, 0.15) is 41.7 Å². The fourth-order valence-electron chi connectivity index (χ4n) is 6.67. The average molecular weight is 482 g/mol. The fraction of sp³-hybridized carbons (Fsp3) is 0.259. The molecule has 0 saturated carbocycles. The Morgan fingerprint density at radius 2 is 1.18 bits per heavy atom. The lowest BCUT2D eigenvalue weighted by atomic mass is 9.42. The average Bonchev–Trinajstić information content (AvgIpc) is 3.08. The van der Waals surface area contributed by atoms with Crippen molar-refractivity contribution in [1.82, 2.24) is 0 Å². The SMILES string of the molecule is CC12c3ccccc3C(C)(c3ccccc31)C1C(=O)N(c3cc(C(F)(F)F)ccc3Cl)C(=O)C12. The minimum Gasteiger partial charge on any atom is -0.274 e. The lowest BCUT2D eigenvalue weighted by Gasteiger charge is -2.57. The molecule has 0 spiro atoms. The number of hydrogen-bond donors (Lipinski definition) is 0. The smallest absolute Gasteiger partial charge is 0.274 e. The highest BCUT2D eigenvalue weighted by Crippen LogP contribution is 2.66. The molecule has 3 aliphatic carbocycles. The molecule has 1 aliphatic heterocycles.